The molecule has 2 aromatic carbocycles. The Labute approximate surface area is 169 Å². The van der Waals surface area contributed by atoms with Crippen molar-refractivity contribution in [2.75, 3.05) is 13.1 Å². The summed E-state index contributed by atoms with van der Waals surface area (Å²) in [5.74, 6) is 1.44. The van der Waals surface area contributed by atoms with Crippen molar-refractivity contribution in [2.45, 2.75) is 30.2 Å². The SMILES string of the molecule is O=S(=O)(c1ccccc1)N1C[C@H]2CCCc3nnc(-c4ccc(F)cc4)n3[C@H]2C1. The zero-order valence-electron chi connectivity index (χ0n) is 15.8. The molecule has 2 atom stereocenters. The van der Waals surface area contributed by atoms with Crippen molar-refractivity contribution in [3.05, 3.63) is 66.2 Å². The maximum absolute atomic E-state index is 13.4. The van der Waals surface area contributed by atoms with Gasteiger partial charge in [-0.1, -0.05) is 18.2 Å². The van der Waals surface area contributed by atoms with E-state index >= 15 is 0 Å². The number of benzene rings is 2. The maximum Gasteiger partial charge on any atom is 0.243 e. The molecule has 0 amide bonds. The van der Waals surface area contributed by atoms with Crippen LogP contribution in [0.5, 0.6) is 0 Å². The standard InChI is InChI=1S/C21H21FN4O2S/c22-17-11-9-15(10-12-17)21-24-23-20-8-4-5-16-13-25(14-19(16)26(20)21)29(27,28)18-6-2-1-3-7-18/h1-3,6-7,9-12,16,19H,4-5,8,13-14H2/t16-,19+/m1/s1. The van der Waals surface area contributed by atoms with Gasteiger partial charge in [-0.3, -0.25) is 0 Å². The zero-order valence-corrected chi connectivity index (χ0v) is 16.6. The summed E-state index contributed by atoms with van der Waals surface area (Å²) in [4.78, 5) is 0.319. The molecule has 150 valence electrons. The lowest BCUT2D eigenvalue weighted by atomic mass is 9.98. The molecule has 29 heavy (non-hydrogen) atoms. The summed E-state index contributed by atoms with van der Waals surface area (Å²) in [6.45, 7) is 0.878. The fourth-order valence-corrected chi connectivity index (χ4v) is 6.03. The second-order valence-electron chi connectivity index (χ2n) is 7.67. The summed E-state index contributed by atoms with van der Waals surface area (Å²) >= 11 is 0. The highest BCUT2D eigenvalue weighted by atomic mass is 32.2. The van der Waals surface area contributed by atoms with Crippen LogP contribution in [0.3, 0.4) is 0 Å². The van der Waals surface area contributed by atoms with Gasteiger partial charge in [0.1, 0.15) is 11.6 Å². The number of aromatic nitrogens is 3. The quantitative estimate of drug-likeness (QED) is 0.662. The summed E-state index contributed by atoms with van der Waals surface area (Å²) in [7, 11) is -3.55. The number of aryl methyl sites for hydroxylation is 1. The molecule has 3 heterocycles. The van der Waals surface area contributed by atoms with Crippen molar-refractivity contribution in [1.29, 1.82) is 0 Å². The van der Waals surface area contributed by atoms with Crippen LogP contribution in [0, 0.1) is 11.7 Å². The highest BCUT2D eigenvalue weighted by Crippen LogP contribution is 2.40. The Morgan fingerprint density at radius 1 is 0.966 bits per heavy atom. The number of halogens is 1. The van der Waals surface area contributed by atoms with Gasteiger partial charge in [0.2, 0.25) is 10.0 Å². The Bertz CT molecular complexity index is 1130. The summed E-state index contributed by atoms with van der Waals surface area (Å²) in [6.07, 6.45) is 2.70. The highest BCUT2D eigenvalue weighted by molar-refractivity contribution is 7.89. The molecule has 1 saturated heterocycles. The molecule has 0 N–H and O–H groups in total. The maximum atomic E-state index is 13.4. The number of fused-ring (bicyclic) bond motifs is 3. The van der Waals surface area contributed by atoms with Crippen LogP contribution in [-0.2, 0) is 16.4 Å². The topological polar surface area (TPSA) is 68.1 Å². The van der Waals surface area contributed by atoms with Gasteiger partial charge in [-0.15, -0.1) is 10.2 Å². The number of rotatable bonds is 3. The first-order chi connectivity index (χ1) is 14.0. The second-order valence-corrected chi connectivity index (χ2v) is 9.61. The Balaban J connectivity index is 1.53. The van der Waals surface area contributed by atoms with Crippen LogP contribution < -0.4 is 0 Å². The van der Waals surface area contributed by atoms with Crippen LogP contribution in [0.1, 0.15) is 24.7 Å². The molecule has 5 rings (SSSR count). The van der Waals surface area contributed by atoms with Crippen molar-refractivity contribution < 1.29 is 12.8 Å². The van der Waals surface area contributed by atoms with Crippen LogP contribution in [-0.4, -0.2) is 40.6 Å². The van der Waals surface area contributed by atoms with Crippen LogP contribution in [0.15, 0.2) is 59.5 Å². The molecule has 0 unspecified atom stereocenters. The van der Waals surface area contributed by atoms with Gasteiger partial charge in [-0.2, -0.15) is 4.31 Å². The first-order valence-corrected chi connectivity index (χ1v) is 11.2. The van der Waals surface area contributed by atoms with Crippen molar-refractivity contribution >= 4 is 10.0 Å². The lowest BCUT2D eigenvalue weighted by Crippen LogP contribution is -2.29. The van der Waals surface area contributed by atoms with Crippen molar-refractivity contribution in [1.82, 2.24) is 19.1 Å². The third-order valence-electron chi connectivity index (χ3n) is 5.93. The highest BCUT2D eigenvalue weighted by Gasteiger charge is 2.42. The van der Waals surface area contributed by atoms with E-state index in [1.807, 2.05) is 6.07 Å². The van der Waals surface area contributed by atoms with E-state index in [2.05, 4.69) is 14.8 Å². The molecular weight excluding hydrogens is 391 g/mol. The molecule has 6 nitrogen and oxygen atoms in total. The molecule has 0 bridgehead atoms. The molecule has 8 heteroatoms. The molecule has 0 radical (unpaired) electrons. The zero-order chi connectivity index (χ0) is 20.0. The van der Waals surface area contributed by atoms with Gasteiger partial charge >= 0.3 is 0 Å². The van der Waals surface area contributed by atoms with Gasteiger partial charge in [-0.25, -0.2) is 12.8 Å². The second kappa shape index (κ2) is 7.03. The van der Waals surface area contributed by atoms with Gasteiger partial charge in [0.15, 0.2) is 5.82 Å². The average Bonchev–Trinajstić information content (AvgIpc) is 3.30. The van der Waals surface area contributed by atoms with Crippen LogP contribution >= 0.6 is 0 Å². The van der Waals surface area contributed by atoms with Gasteiger partial charge in [0.25, 0.3) is 0 Å². The van der Waals surface area contributed by atoms with Crippen LogP contribution in [0.25, 0.3) is 11.4 Å². The third-order valence-corrected chi connectivity index (χ3v) is 7.78. The van der Waals surface area contributed by atoms with E-state index in [4.69, 9.17) is 0 Å². The molecule has 0 saturated carbocycles. The van der Waals surface area contributed by atoms with Crippen molar-refractivity contribution in [3.63, 3.8) is 0 Å². The lowest BCUT2D eigenvalue weighted by Gasteiger charge is -2.20. The predicted molar refractivity (Wildman–Crippen MR) is 106 cm³/mol. The molecule has 0 spiro atoms. The molecular formula is C21H21FN4O2S. The van der Waals surface area contributed by atoms with E-state index in [9.17, 15) is 12.8 Å². The summed E-state index contributed by atoms with van der Waals surface area (Å²) < 4.78 is 43.3. The van der Waals surface area contributed by atoms with Gasteiger partial charge in [0.05, 0.1) is 10.9 Å². The number of sulfonamides is 1. The van der Waals surface area contributed by atoms with Crippen LogP contribution in [0.4, 0.5) is 4.39 Å². The molecule has 3 aromatic rings. The van der Waals surface area contributed by atoms with E-state index in [1.54, 1.807) is 40.7 Å². The summed E-state index contributed by atoms with van der Waals surface area (Å²) in [5.41, 5.74) is 0.787. The van der Waals surface area contributed by atoms with Gasteiger partial charge in [0, 0.05) is 25.1 Å². The third kappa shape index (κ3) is 3.16. The lowest BCUT2D eigenvalue weighted by molar-refractivity contribution is 0.400. The Hall–Kier alpha value is -2.58. The number of hydrogen-bond donors (Lipinski definition) is 0. The van der Waals surface area contributed by atoms with E-state index in [0.717, 1.165) is 30.7 Å². The van der Waals surface area contributed by atoms with Crippen molar-refractivity contribution in [2.24, 2.45) is 5.92 Å². The number of nitrogens with zero attached hydrogens (tertiary/aromatic N) is 4. The Kier molecular flexibility index (Phi) is 4.48. The fourth-order valence-electron chi connectivity index (χ4n) is 4.49. The largest absolute Gasteiger partial charge is 0.306 e. The minimum absolute atomic E-state index is 0.0268. The van der Waals surface area contributed by atoms with E-state index in [-0.39, 0.29) is 17.8 Å². The first-order valence-electron chi connectivity index (χ1n) is 9.79. The van der Waals surface area contributed by atoms with Crippen molar-refractivity contribution in [3.8, 4) is 11.4 Å². The van der Waals surface area contributed by atoms with E-state index < -0.39 is 10.0 Å². The molecule has 1 fully saturated rings. The fraction of sp³-hybridized carbons (Fsp3) is 0.333. The summed E-state index contributed by atoms with van der Waals surface area (Å²) in [5, 5.41) is 8.74. The van der Waals surface area contributed by atoms with E-state index in [0.29, 0.717) is 23.8 Å². The Morgan fingerprint density at radius 3 is 2.48 bits per heavy atom. The molecule has 1 aromatic heterocycles. The minimum atomic E-state index is -3.55. The smallest absolute Gasteiger partial charge is 0.243 e. The predicted octanol–water partition coefficient (Wildman–Crippen LogP) is 3.28. The summed E-state index contributed by atoms with van der Waals surface area (Å²) in [6, 6.07) is 14.7. The minimum Gasteiger partial charge on any atom is -0.306 e. The molecule has 2 aliphatic rings. The normalized spacial score (nSPS) is 22.1. The van der Waals surface area contributed by atoms with E-state index in [1.165, 1.54) is 12.1 Å². The number of hydrogen-bond acceptors (Lipinski definition) is 4. The first kappa shape index (κ1) is 18.4. The Morgan fingerprint density at radius 2 is 1.72 bits per heavy atom. The molecule has 0 aliphatic carbocycles. The average molecular weight is 412 g/mol. The molecule has 2 aliphatic heterocycles. The van der Waals surface area contributed by atoms with Crippen LogP contribution in [0.2, 0.25) is 0 Å². The van der Waals surface area contributed by atoms with Gasteiger partial charge in [-0.05, 0) is 55.2 Å². The monoisotopic (exact) mass is 412 g/mol. The van der Waals surface area contributed by atoms with Gasteiger partial charge < -0.3 is 4.57 Å².